The van der Waals surface area contributed by atoms with E-state index in [0.717, 1.165) is 11.1 Å². The summed E-state index contributed by atoms with van der Waals surface area (Å²) in [5.74, 6) is -0.939. The molecule has 2 aromatic rings. The highest BCUT2D eigenvalue weighted by atomic mass is 16.5. The van der Waals surface area contributed by atoms with Crippen LogP contribution in [0.25, 0.3) is 0 Å². The number of ether oxygens (including phenoxy) is 1. The molecule has 3 aliphatic heterocycles. The number of anilines is 2. The molecule has 0 radical (unpaired) electrons. The third kappa shape index (κ3) is 3.56. The Morgan fingerprint density at radius 3 is 2.62 bits per heavy atom. The Kier molecular flexibility index (Phi) is 5.21. The molecule has 1 unspecified atom stereocenters. The van der Waals surface area contributed by atoms with Gasteiger partial charge in [0.25, 0.3) is 0 Å². The number of hydrogen-bond donors (Lipinski definition) is 1. The highest BCUT2D eigenvalue weighted by Crippen LogP contribution is 2.38. The maximum absolute atomic E-state index is 13.5. The van der Waals surface area contributed by atoms with Gasteiger partial charge in [-0.2, -0.15) is 0 Å². The fraction of sp³-hybridized carbons (Fsp3) is 0.400. The van der Waals surface area contributed by atoms with E-state index in [-0.39, 0.29) is 48.1 Å². The van der Waals surface area contributed by atoms with Crippen LogP contribution in [-0.2, 0) is 19.1 Å². The first-order valence-electron chi connectivity index (χ1n) is 11.1. The first-order valence-corrected chi connectivity index (χ1v) is 11.1. The van der Waals surface area contributed by atoms with Crippen molar-refractivity contribution in [1.29, 1.82) is 0 Å². The predicted octanol–water partition coefficient (Wildman–Crippen LogP) is 2.56. The van der Waals surface area contributed by atoms with Crippen molar-refractivity contribution in [3.63, 3.8) is 0 Å². The Morgan fingerprint density at radius 1 is 1.09 bits per heavy atom. The number of aryl methyl sites for hydroxylation is 1. The van der Waals surface area contributed by atoms with Crippen molar-refractivity contribution in [2.45, 2.75) is 25.9 Å². The Bertz CT molecular complexity index is 1070. The number of nitrogens with zero attached hydrogens (tertiary/aromatic N) is 2. The van der Waals surface area contributed by atoms with Crippen molar-refractivity contribution in [3.8, 4) is 0 Å². The van der Waals surface area contributed by atoms with Gasteiger partial charge in [0.15, 0.2) is 0 Å². The summed E-state index contributed by atoms with van der Waals surface area (Å²) in [5.41, 5.74) is 3.50. The van der Waals surface area contributed by atoms with Crippen LogP contribution in [0.4, 0.5) is 11.4 Å². The number of hydrogen-bond acceptors (Lipinski definition) is 4. The molecule has 3 heterocycles. The summed E-state index contributed by atoms with van der Waals surface area (Å²) >= 11 is 0. The van der Waals surface area contributed by atoms with Gasteiger partial charge < -0.3 is 19.9 Å². The molecule has 32 heavy (non-hydrogen) atoms. The van der Waals surface area contributed by atoms with Crippen LogP contribution in [0.2, 0.25) is 0 Å². The summed E-state index contributed by atoms with van der Waals surface area (Å²) < 4.78 is 5.96. The lowest BCUT2D eigenvalue weighted by molar-refractivity contribution is -0.133. The van der Waals surface area contributed by atoms with E-state index in [4.69, 9.17) is 4.74 Å². The third-order valence-corrected chi connectivity index (χ3v) is 6.93. The molecule has 2 aromatic carbocycles. The second-order valence-corrected chi connectivity index (χ2v) is 9.01. The smallest absolute Gasteiger partial charge is 0.244 e. The molecule has 4 atom stereocenters. The lowest BCUT2D eigenvalue weighted by atomic mass is 9.91. The summed E-state index contributed by atoms with van der Waals surface area (Å²) in [4.78, 5) is 42.2. The van der Waals surface area contributed by atoms with E-state index < -0.39 is 0 Å². The maximum Gasteiger partial charge on any atom is 0.244 e. The fourth-order valence-electron chi connectivity index (χ4n) is 5.05. The number of carbonyl (C=O) groups excluding carboxylic acids is 3. The monoisotopic (exact) mass is 433 g/mol. The molecule has 2 fully saturated rings. The average Bonchev–Trinajstić information content (AvgIpc) is 3.38. The summed E-state index contributed by atoms with van der Waals surface area (Å²) in [6, 6.07) is 15.3. The van der Waals surface area contributed by atoms with E-state index in [0.29, 0.717) is 31.1 Å². The number of rotatable bonds is 3. The van der Waals surface area contributed by atoms with Crippen LogP contribution < -0.4 is 10.2 Å². The molecule has 0 aliphatic carbocycles. The Morgan fingerprint density at radius 2 is 1.84 bits per heavy atom. The largest absolute Gasteiger partial charge is 0.375 e. The topological polar surface area (TPSA) is 79.0 Å². The highest BCUT2D eigenvalue weighted by molar-refractivity contribution is 6.10. The van der Waals surface area contributed by atoms with Crippen LogP contribution in [0.5, 0.6) is 0 Å². The van der Waals surface area contributed by atoms with Gasteiger partial charge in [-0.15, -0.1) is 0 Å². The number of benzene rings is 2. The molecule has 7 nitrogen and oxygen atoms in total. The van der Waals surface area contributed by atoms with Crippen LogP contribution >= 0.6 is 0 Å². The van der Waals surface area contributed by atoms with Crippen molar-refractivity contribution < 1.29 is 19.1 Å². The maximum atomic E-state index is 13.5. The molecule has 2 saturated heterocycles. The van der Waals surface area contributed by atoms with E-state index in [1.54, 1.807) is 11.0 Å². The lowest BCUT2D eigenvalue weighted by Gasteiger charge is -2.32. The Hall–Kier alpha value is -3.19. The number of nitrogens with one attached hydrogen (secondary N) is 1. The molecular weight excluding hydrogens is 406 g/mol. The SMILES string of the molecule is Cc1ccc(C(C)C(=O)N2C[C@H]3[C@@H](C2)OC[C@H]3C(=O)N2CC(=O)Nc3ccccc32)cc1. The number of fused-ring (bicyclic) bond motifs is 2. The summed E-state index contributed by atoms with van der Waals surface area (Å²) in [7, 11) is 0. The van der Waals surface area contributed by atoms with Crippen molar-refractivity contribution >= 4 is 29.1 Å². The lowest BCUT2D eigenvalue weighted by Crippen LogP contribution is -2.47. The van der Waals surface area contributed by atoms with Crippen molar-refractivity contribution in [3.05, 3.63) is 59.7 Å². The van der Waals surface area contributed by atoms with Gasteiger partial charge in [-0.25, -0.2) is 0 Å². The molecule has 0 saturated carbocycles. The van der Waals surface area contributed by atoms with Crippen LogP contribution in [-0.4, -0.2) is 55.0 Å². The van der Waals surface area contributed by atoms with E-state index in [2.05, 4.69) is 5.32 Å². The summed E-state index contributed by atoms with van der Waals surface area (Å²) in [6.07, 6.45) is -0.146. The molecule has 3 amide bonds. The first-order chi connectivity index (χ1) is 15.4. The molecule has 0 spiro atoms. The number of likely N-dealkylation sites (tertiary alicyclic amines) is 1. The fourth-order valence-corrected chi connectivity index (χ4v) is 5.05. The predicted molar refractivity (Wildman–Crippen MR) is 120 cm³/mol. The number of amides is 3. The van der Waals surface area contributed by atoms with Gasteiger partial charge in [-0.3, -0.25) is 14.4 Å². The van der Waals surface area contributed by atoms with Crippen LogP contribution in [0.1, 0.15) is 24.0 Å². The van der Waals surface area contributed by atoms with Gasteiger partial charge in [-0.1, -0.05) is 42.0 Å². The quantitative estimate of drug-likeness (QED) is 0.807. The zero-order chi connectivity index (χ0) is 22.4. The number of carbonyl (C=O) groups is 3. The van der Waals surface area contributed by atoms with Gasteiger partial charge in [0.1, 0.15) is 6.54 Å². The van der Waals surface area contributed by atoms with Crippen LogP contribution in [0.3, 0.4) is 0 Å². The van der Waals surface area contributed by atoms with Crippen molar-refractivity contribution in [1.82, 2.24) is 4.90 Å². The summed E-state index contributed by atoms with van der Waals surface area (Å²) in [6.45, 7) is 5.27. The molecule has 7 heteroatoms. The first kappa shape index (κ1) is 20.7. The third-order valence-electron chi connectivity index (χ3n) is 6.93. The standard InChI is InChI=1S/C25H27N3O4/c1-15-7-9-17(10-8-15)16(2)24(30)27-11-18-19(14-32-22(18)12-27)25(31)28-13-23(29)26-20-5-3-4-6-21(20)28/h3-10,16,18-19,22H,11-14H2,1-2H3,(H,26,29)/t16?,18-,19-,22-/m1/s1. The van der Waals surface area contributed by atoms with Gasteiger partial charge in [0, 0.05) is 19.0 Å². The van der Waals surface area contributed by atoms with Gasteiger partial charge >= 0.3 is 0 Å². The zero-order valence-electron chi connectivity index (χ0n) is 18.3. The van der Waals surface area contributed by atoms with E-state index in [1.165, 1.54) is 0 Å². The molecule has 166 valence electrons. The molecule has 0 bridgehead atoms. The van der Waals surface area contributed by atoms with Crippen molar-refractivity contribution in [2.75, 3.05) is 36.5 Å². The Balaban J connectivity index is 1.31. The van der Waals surface area contributed by atoms with E-state index in [9.17, 15) is 14.4 Å². The average molecular weight is 434 g/mol. The second-order valence-electron chi connectivity index (χ2n) is 9.01. The molecule has 1 N–H and O–H groups in total. The molecular formula is C25H27N3O4. The van der Waals surface area contributed by atoms with E-state index >= 15 is 0 Å². The zero-order valence-corrected chi connectivity index (χ0v) is 18.3. The highest BCUT2D eigenvalue weighted by Gasteiger charge is 2.50. The van der Waals surface area contributed by atoms with Crippen LogP contribution in [0, 0.1) is 18.8 Å². The van der Waals surface area contributed by atoms with Gasteiger partial charge in [-0.05, 0) is 31.5 Å². The minimum Gasteiger partial charge on any atom is -0.375 e. The minimum absolute atomic E-state index is 0.00314. The van der Waals surface area contributed by atoms with Crippen molar-refractivity contribution in [2.24, 2.45) is 11.8 Å². The normalized spacial score (nSPS) is 25.2. The van der Waals surface area contributed by atoms with E-state index in [1.807, 2.05) is 61.2 Å². The molecule has 0 aromatic heterocycles. The minimum atomic E-state index is -0.369. The Labute approximate surface area is 187 Å². The molecule has 5 rings (SSSR count). The van der Waals surface area contributed by atoms with Gasteiger partial charge in [0.05, 0.1) is 35.9 Å². The summed E-state index contributed by atoms with van der Waals surface area (Å²) in [5, 5.41) is 2.82. The van der Waals surface area contributed by atoms with Gasteiger partial charge in [0.2, 0.25) is 17.7 Å². The second kappa shape index (κ2) is 8.06. The van der Waals surface area contributed by atoms with Crippen LogP contribution in [0.15, 0.2) is 48.5 Å². The molecule has 3 aliphatic rings. The number of para-hydroxylation sites is 2.